The highest BCUT2D eigenvalue weighted by molar-refractivity contribution is 4.69. The molecule has 2 unspecified atom stereocenters. The Morgan fingerprint density at radius 2 is 2.25 bits per heavy atom. The lowest BCUT2D eigenvalue weighted by molar-refractivity contribution is 0.261. The van der Waals surface area contributed by atoms with Crippen LogP contribution in [0.4, 0.5) is 0 Å². The summed E-state index contributed by atoms with van der Waals surface area (Å²) >= 11 is 0. The maximum Gasteiger partial charge on any atom is 0.000387 e. The fourth-order valence-electron chi connectivity index (χ4n) is 2.57. The summed E-state index contributed by atoms with van der Waals surface area (Å²) in [7, 11) is 2.27. The third-order valence-corrected chi connectivity index (χ3v) is 3.87. The van der Waals surface area contributed by atoms with Crippen LogP contribution in [0, 0.1) is 11.8 Å². The zero-order chi connectivity index (χ0) is 11.8. The molecule has 0 spiro atoms. The van der Waals surface area contributed by atoms with E-state index in [-0.39, 0.29) is 0 Å². The van der Waals surface area contributed by atoms with Gasteiger partial charge in [-0.05, 0) is 64.2 Å². The van der Waals surface area contributed by atoms with Gasteiger partial charge in [0.1, 0.15) is 0 Å². The Morgan fingerprint density at radius 1 is 1.44 bits per heavy atom. The summed E-state index contributed by atoms with van der Waals surface area (Å²) in [6, 6.07) is 0. The molecule has 1 N–H and O–H groups in total. The molecular formula is C14H30N2. The van der Waals surface area contributed by atoms with Crippen molar-refractivity contribution in [1.29, 1.82) is 0 Å². The number of nitrogens with zero attached hydrogens (tertiary/aromatic N) is 1. The number of piperidine rings is 1. The van der Waals surface area contributed by atoms with E-state index in [0.717, 1.165) is 11.8 Å². The predicted molar refractivity (Wildman–Crippen MR) is 71.8 cm³/mol. The minimum Gasteiger partial charge on any atom is -0.316 e. The van der Waals surface area contributed by atoms with Gasteiger partial charge >= 0.3 is 0 Å². The summed E-state index contributed by atoms with van der Waals surface area (Å²) in [5, 5.41) is 3.50. The normalized spacial score (nSPS) is 23.6. The van der Waals surface area contributed by atoms with Crippen molar-refractivity contribution < 1.29 is 0 Å². The maximum absolute atomic E-state index is 3.50. The second-order valence-corrected chi connectivity index (χ2v) is 5.63. The molecule has 0 aromatic rings. The Balaban J connectivity index is 2.00. The molecule has 0 aromatic carbocycles. The Hall–Kier alpha value is -0.0800. The molecule has 0 aromatic heterocycles. The van der Waals surface area contributed by atoms with E-state index in [9.17, 15) is 0 Å². The van der Waals surface area contributed by atoms with Crippen molar-refractivity contribution >= 4 is 0 Å². The number of hydrogen-bond donors (Lipinski definition) is 1. The zero-order valence-corrected chi connectivity index (χ0v) is 11.5. The lowest BCUT2D eigenvalue weighted by Crippen LogP contribution is -2.31. The standard InChI is InChI=1S/C14H30N2/c1-4-13(2)12-16(3)10-6-8-14-7-5-9-15-11-14/h13-15H,4-12H2,1-3H3. The summed E-state index contributed by atoms with van der Waals surface area (Å²) in [5.41, 5.74) is 0. The van der Waals surface area contributed by atoms with Gasteiger partial charge in [0.05, 0.1) is 0 Å². The molecule has 1 saturated heterocycles. The molecular weight excluding hydrogens is 196 g/mol. The molecule has 1 rings (SSSR count). The van der Waals surface area contributed by atoms with Crippen molar-refractivity contribution in [2.24, 2.45) is 11.8 Å². The zero-order valence-electron chi connectivity index (χ0n) is 11.5. The highest BCUT2D eigenvalue weighted by Gasteiger charge is 2.12. The van der Waals surface area contributed by atoms with Crippen LogP contribution in [0.3, 0.4) is 0 Å². The summed E-state index contributed by atoms with van der Waals surface area (Å²) in [6.45, 7) is 9.67. The predicted octanol–water partition coefficient (Wildman–Crippen LogP) is 2.74. The van der Waals surface area contributed by atoms with E-state index in [4.69, 9.17) is 0 Å². The second-order valence-electron chi connectivity index (χ2n) is 5.63. The van der Waals surface area contributed by atoms with Gasteiger partial charge in [0.25, 0.3) is 0 Å². The minimum absolute atomic E-state index is 0.848. The highest BCUT2D eigenvalue weighted by atomic mass is 15.1. The van der Waals surface area contributed by atoms with E-state index in [1.807, 2.05) is 0 Å². The fraction of sp³-hybridized carbons (Fsp3) is 1.00. The van der Waals surface area contributed by atoms with Gasteiger partial charge in [0.2, 0.25) is 0 Å². The van der Waals surface area contributed by atoms with Gasteiger partial charge in [-0.15, -0.1) is 0 Å². The van der Waals surface area contributed by atoms with Crippen LogP contribution < -0.4 is 5.32 Å². The first-order chi connectivity index (χ1) is 7.72. The van der Waals surface area contributed by atoms with Crippen LogP contribution in [0.25, 0.3) is 0 Å². The Morgan fingerprint density at radius 3 is 2.88 bits per heavy atom. The molecule has 2 heteroatoms. The van der Waals surface area contributed by atoms with Crippen LogP contribution in [0.5, 0.6) is 0 Å². The average molecular weight is 226 g/mol. The molecule has 1 heterocycles. The third kappa shape index (κ3) is 5.86. The minimum atomic E-state index is 0.848. The van der Waals surface area contributed by atoms with E-state index in [1.165, 1.54) is 58.3 Å². The van der Waals surface area contributed by atoms with E-state index >= 15 is 0 Å². The Kier molecular flexibility index (Phi) is 7.06. The van der Waals surface area contributed by atoms with Gasteiger partial charge in [-0.3, -0.25) is 0 Å². The number of rotatable bonds is 7. The molecule has 2 nitrogen and oxygen atoms in total. The van der Waals surface area contributed by atoms with Crippen LogP contribution >= 0.6 is 0 Å². The molecule has 0 amide bonds. The van der Waals surface area contributed by atoms with Gasteiger partial charge in [-0.2, -0.15) is 0 Å². The first-order valence-corrected chi connectivity index (χ1v) is 7.11. The largest absolute Gasteiger partial charge is 0.316 e. The van der Waals surface area contributed by atoms with E-state index in [2.05, 4.69) is 31.1 Å². The monoisotopic (exact) mass is 226 g/mol. The lowest BCUT2D eigenvalue weighted by Gasteiger charge is -2.24. The van der Waals surface area contributed by atoms with Crippen LogP contribution in [-0.2, 0) is 0 Å². The van der Waals surface area contributed by atoms with Crippen molar-refractivity contribution in [3.8, 4) is 0 Å². The van der Waals surface area contributed by atoms with Gasteiger partial charge in [-0.1, -0.05) is 20.3 Å². The van der Waals surface area contributed by atoms with Crippen molar-refractivity contribution in [3.05, 3.63) is 0 Å². The van der Waals surface area contributed by atoms with E-state index < -0.39 is 0 Å². The van der Waals surface area contributed by atoms with Crippen LogP contribution in [0.1, 0.15) is 46.0 Å². The first kappa shape index (κ1) is 14.0. The van der Waals surface area contributed by atoms with Gasteiger partial charge in [0, 0.05) is 6.54 Å². The molecule has 0 radical (unpaired) electrons. The topological polar surface area (TPSA) is 15.3 Å². The van der Waals surface area contributed by atoms with Gasteiger partial charge in [-0.25, -0.2) is 0 Å². The molecule has 1 aliphatic heterocycles. The molecule has 1 fully saturated rings. The summed E-state index contributed by atoms with van der Waals surface area (Å²) in [6.07, 6.45) is 6.92. The quantitative estimate of drug-likeness (QED) is 0.718. The SMILES string of the molecule is CCC(C)CN(C)CCCC1CCCNC1. The molecule has 0 bridgehead atoms. The summed E-state index contributed by atoms with van der Waals surface area (Å²) in [4.78, 5) is 2.50. The second kappa shape index (κ2) is 8.08. The molecule has 0 saturated carbocycles. The van der Waals surface area contributed by atoms with E-state index in [0.29, 0.717) is 0 Å². The Labute approximate surface area is 102 Å². The van der Waals surface area contributed by atoms with Gasteiger partial charge in [0.15, 0.2) is 0 Å². The third-order valence-electron chi connectivity index (χ3n) is 3.87. The Bertz CT molecular complexity index is 164. The number of nitrogens with one attached hydrogen (secondary N) is 1. The average Bonchev–Trinajstić information content (AvgIpc) is 2.30. The van der Waals surface area contributed by atoms with Crippen LogP contribution in [0.15, 0.2) is 0 Å². The molecule has 2 atom stereocenters. The smallest absolute Gasteiger partial charge is 0.000387 e. The van der Waals surface area contributed by atoms with Crippen molar-refractivity contribution in [3.63, 3.8) is 0 Å². The van der Waals surface area contributed by atoms with Gasteiger partial charge < -0.3 is 10.2 Å². The lowest BCUT2D eigenvalue weighted by atomic mass is 9.94. The maximum atomic E-state index is 3.50. The number of hydrogen-bond acceptors (Lipinski definition) is 2. The molecule has 16 heavy (non-hydrogen) atoms. The molecule has 96 valence electrons. The highest BCUT2D eigenvalue weighted by Crippen LogP contribution is 2.16. The van der Waals surface area contributed by atoms with Crippen molar-refractivity contribution in [1.82, 2.24) is 10.2 Å². The summed E-state index contributed by atoms with van der Waals surface area (Å²) < 4.78 is 0. The van der Waals surface area contributed by atoms with Crippen LogP contribution in [0.2, 0.25) is 0 Å². The van der Waals surface area contributed by atoms with Crippen molar-refractivity contribution in [2.45, 2.75) is 46.0 Å². The fourth-order valence-corrected chi connectivity index (χ4v) is 2.57. The summed E-state index contributed by atoms with van der Waals surface area (Å²) in [5.74, 6) is 1.80. The molecule has 1 aliphatic rings. The van der Waals surface area contributed by atoms with Crippen molar-refractivity contribution in [2.75, 3.05) is 33.2 Å². The first-order valence-electron chi connectivity index (χ1n) is 7.11. The van der Waals surface area contributed by atoms with Crippen LogP contribution in [-0.4, -0.2) is 38.1 Å². The van der Waals surface area contributed by atoms with E-state index in [1.54, 1.807) is 0 Å². The molecule has 0 aliphatic carbocycles.